The number of carbonyl (C=O) groups excluding carboxylic acids is 1. The maximum Gasteiger partial charge on any atom is 0.302 e. The van der Waals surface area contributed by atoms with Gasteiger partial charge in [-0.25, -0.2) is 0 Å². The molecule has 0 aromatic heterocycles. The largest absolute Gasteiger partial charge is 0.462 e. The van der Waals surface area contributed by atoms with Crippen LogP contribution in [0.25, 0.3) is 0 Å². The number of hydrogen-bond donors (Lipinski definition) is 1. The number of esters is 1. The first kappa shape index (κ1) is 36.0. The minimum Gasteiger partial charge on any atom is -0.462 e. The Bertz CT molecular complexity index is 860. The maximum atomic E-state index is 11.7. The van der Waals surface area contributed by atoms with Crippen molar-refractivity contribution in [2.75, 3.05) is 0 Å². The number of carbonyl (C=O) groups is 1. The molecular weight excluding hydrogens is 572 g/mol. The normalized spacial score (nSPS) is 41.5. The van der Waals surface area contributed by atoms with Crippen LogP contribution in [0, 0.1) is 0 Å². The van der Waals surface area contributed by atoms with Gasteiger partial charge in [0.05, 0.1) is 54.9 Å². The molecule has 4 rings (SSSR count). The van der Waals surface area contributed by atoms with Gasteiger partial charge in [-0.2, -0.15) is 0 Å². The predicted octanol–water partition coefficient (Wildman–Crippen LogP) is 5.13. The third kappa shape index (κ3) is 11.7. The molecule has 0 aromatic carbocycles. The van der Waals surface area contributed by atoms with E-state index in [0.717, 1.165) is 44.9 Å². The highest BCUT2D eigenvalue weighted by atomic mass is 16.7. The van der Waals surface area contributed by atoms with Crippen molar-refractivity contribution in [2.24, 2.45) is 0 Å². The van der Waals surface area contributed by atoms with Crippen molar-refractivity contribution in [2.45, 2.75) is 205 Å². The van der Waals surface area contributed by atoms with Crippen LogP contribution in [0.2, 0.25) is 0 Å². The first-order valence-electron chi connectivity index (χ1n) is 17.1. The van der Waals surface area contributed by atoms with Crippen LogP contribution in [0.1, 0.15) is 119 Å². The number of aliphatic hydroxyl groups is 1. The fourth-order valence-corrected chi connectivity index (χ4v) is 7.31. The van der Waals surface area contributed by atoms with Gasteiger partial charge in [-0.15, -0.1) is 0 Å². The summed E-state index contributed by atoms with van der Waals surface area (Å²) in [4.78, 5) is 11.7. The summed E-state index contributed by atoms with van der Waals surface area (Å²) in [6.45, 7) is 13.2. The van der Waals surface area contributed by atoms with Crippen LogP contribution in [0.4, 0.5) is 0 Å². The zero-order valence-electron chi connectivity index (χ0n) is 27.9. The van der Waals surface area contributed by atoms with Gasteiger partial charge in [-0.3, -0.25) is 4.79 Å². The number of ether oxygens (including phenoxy) is 9. The summed E-state index contributed by atoms with van der Waals surface area (Å²) in [6, 6.07) is 0. The molecule has 0 aromatic rings. The van der Waals surface area contributed by atoms with Crippen LogP contribution in [-0.4, -0.2) is 97.3 Å². The molecule has 4 aliphatic heterocycles. The second kappa shape index (κ2) is 17.3. The second-order valence-electron chi connectivity index (χ2n) is 13.2. The quantitative estimate of drug-likeness (QED) is 0.273. The number of hydrogen-bond acceptors (Lipinski definition) is 11. The summed E-state index contributed by atoms with van der Waals surface area (Å²) in [5, 5.41) is 10.2. The Hall–Kier alpha value is -0.890. The van der Waals surface area contributed by atoms with Gasteiger partial charge in [0.1, 0.15) is 6.10 Å². The molecule has 0 aliphatic carbocycles. The summed E-state index contributed by atoms with van der Waals surface area (Å²) in [6.07, 6.45) is 6.03. The van der Waals surface area contributed by atoms with Gasteiger partial charge in [0.15, 0.2) is 25.2 Å². The molecule has 11 heteroatoms. The Kier molecular flexibility index (Phi) is 14.1. The van der Waals surface area contributed by atoms with Gasteiger partial charge in [0, 0.05) is 64.7 Å². The van der Waals surface area contributed by atoms with E-state index in [0.29, 0.717) is 25.7 Å². The van der Waals surface area contributed by atoms with E-state index < -0.39 is 12.2 Å². The van der Waals surface area contributed by atoms with E-state index >= 15 is 0 Å². The zero-order chi connectivity index (χ0) is 31.8. The third-order valence-electron chi connectivity index (χ3n) is 9.07. The van der Waals surface area contributed by atoms with Crippen LogP contribution in [0.5, 0.6) is 0 Å². The minimum absolute atomic E-state index is 0.000430. The van der Waals surface area contributed by atoms with E-state index in [9.17, 15) is 9.90 Å². The Morgan fingerprint density at radius 1 is 0.636 bits per heavy atom. The van der Waals surface area contributed by atoms with Gasteiger partial charge in [-0.05, 0) is 40.5 Å². The zero-order valence-corrected chi connectivity index (χ0v) is 27.9. The lowest BCUT2D eigenvalue weighted by atomic mass is 9.92. The van der Waals surface area contributed by atoms with Crippen LogP contribution in [0.3, 0.4) is 0 Å². The third-order valence-corrected chi connectivity index (χ3v) is 9.07. The SMILES string of the molecule is CCC(O)CC(CC1CC(CC2CC(CC3CC(CC4CC(CC)OC(C)O4)OC(C)O3)OC(C)O2)OC(C)O1)OC(C)=O. The molecule has 0 spiro atoms. The standard InChI is InChI=1S/C33H58O11/c1-8-24(35)10-26(36-19(3)34)12-28-14-30(41-21(5)39-28)16-32-18-33(44-23(7)43-32)17-31-15-29(40-22(6)42-31)13-27-11-25(9-2)37-20(4)38-27/h20-33,35H,8-18H2,1-7H3. The van der Waals surface area contributed by atoms with Crippen molar-refractivity contribution in [3.05, 3.63) is 0 Å². The Labute approximate surface area is 263 Å². The van der Waals surface area contributed by atoms with Gasteiger partial charge < -0.3 is 47.7 Å². The lowest BCUT2D eigenvalue weighted by Gasteiger charge is -2.42. The van der Waals surface area contributed by atoms with Crippen molar-refractivity contribution in [3.63, 3.8) is 0 Å². The molecule has 11 nitrogen and oxygen atoms in total. The molecule has 4 fully saturated rings. The smallest absolute Gasteiger partial charge is 0.302 e. The van der Waals surface area contributed by atoms with E-state index in [1.54, 1.807) is 0 Å². The average Bonchev–Trinajstić information content (AvgIpc) is 2.91. The summed E-state index contributed by atoms with van der Waals surface area (Å²) in [5.74, 6) is -0.350. The van der Waals surface area contributed by atoms with E-state index in [1.165, 1.54) is 6.92 Å². The maximum absolute atomic E-state index is 11.7. The Balaban J connectivity index is 1.28. The lowest BCUT2D eigenvalue weighted by molar-refractivity contribution is -0.281. The second-order valence-corrected chi connectivity index (χ2v) is 13.2. The molecule has 0 amide bonds. The Morgan fingerprint density at radius 3 is 1.34 bits per heavy atom. The molecule has 4 aliphatic rings. The summed E-state index contributed by atoms with van der Waals surface area (Å²) in [5.41, 5.74) is 0. The fraction of sp³-hybridized carbons (Fsp3) is 0.970. The summed E-state index contributed by atoms with van der Waals surface area (Å²) in [7, 11) is 0. The average molecular weight is 631 g/mol. The fourth-order valence-electron chi connectivity index (χ4n) is 7.31. The highest BCUT2D eigenvalue weighted by molar-refractivity contribution is 5.66. The lowest BCUT2D eigenvalue weighted by Crippen LogP contribution is -2.46. The molecule has 256 valence electrons. The summed E-state index contributed by atoms with van der Waals surface area (Å²) >= 11 is 0. The van der Waals surface area contributed by atoms with E-state index in [4.69, 9.17) is 42.6 Å². The van der Waals surface area contributed by atoms with Gasteiger partial charge >= 0.3 is 5.97 Å². The molecule has 1 N–H and O–H groups in total. The molecule has 14 unspecified atom stereocenters. The molecule has 44 heavy (non-hydrogen) atoms. The van der Waals surface area contributed by atoms with Crippen molar-refractivity contribution < 1.29 is 52.5 Å². The number of rotatable bonds is 13. The van der Waals surface area contributed by atoms with Crippen LogP contribution >= 0.6 is 0 Å². The highest BCUT2D eigenvalue weighted by Crippen LogP contribution is 2.34. The first-order valence-corrected chi connectivity index (χ1v) is 17.1. The van der Waals surface area contributed by atoms with Crippen molar-refractivity contribution in [1.29, 1.82) is 0 Å². The highest BCUT2D eigenvalue weighted by Gasteiger charge is 2.39. The molecule has 4 saturated heterocycles. The van der Waals surface area contributed by atoms with Gasteiger partial charge in [-0.1, -0.05) is 13.8 Å². The number of aliphatic hydroxyl groups excluding tert-OH is 1. The van der Waals surface area contributed by atoms with Crippen LogP contribution < -0.4 is 0 Å². The molecule has 14 atom stereocenters. The molecular formula is C33H58O11. The summed E-state index contributed by atoms with van der Waals surface area (Å²) < 4.78 is 54.5. The predicted molar refractivity (Wildman–Crippen MR) is 161 cm³/mol. The molecule has 0 radical (unpaired) electrons. The molecule has 0 bridgehead atoms. The van der Waals surface area contributed by atoms with E-state index in [2.05, 4.69) is 6.92 Å². The monoisotopic (exact) mass is 630 g/mol. The van der Waals surface area contributed by atoms with Crippen molar-refractivity contribution >= 4 is 5.97 Å². The van der Waals surface area contributed by atoms with Crippen LogP contribution in [0.15, 0.2) is 0 Å². The molecule has 4 heterocycles. The topological polar surface area (TPSA) is 120 Å². The van der Waals surface area contributed by atoms with E-state index in [-0.39, 0.29) is 80.0 Å². The minimum atomic E-state index is -0.522. The first-order chi connectivity index (χ1) is 21.0. The Morgan fingerprint density at radius 2 is 0.977 bits per heavy atom. The van der Waals surface area contributed by atoms with Crippen molar-refractivity contribution in [3.8, 4) is 0 Å². The van der Waals surface area contributed by atoms with Gasteiger partial charge in [0.25, 0.3) is 0 Å². The van der Waals surface area contributed by atoms with Gasteiger partial charge in [0.2, 0.25) is 0 Å². The van der Waals surface area contributed by atoms with E-state index in [1.807, 2.05) is 34.6 Å². The molecule has 0 saturated carbocycles. The van der Waals surface area contributed by atoms with Crippen LogP contribution in [-0.2, 0) is 47.4 Å². The van der Waals surface area contributed by atoms with Crippen molar-refractivity contribution in [1.82, 2.24) is 0 Å².